The second-order valence-electron chi connectivity index (χ2n) is 5.94. The first kappa shape index (κ1) is 11.9. The van der Waals surface area contributed by atoms with Crippen LogP contribution in [0.4, 0.5) is 0 Å². The number of pyridine rings is 1. The Balaban J connectivity index is 2.12. The van der Waals surface area contributed by atoms with Crippen LogP contribution in [-0.4, -0.2) is 11.1 Å². The summed E-state index contributed by atoms with van der Waals surface area (Å²) in [4.78, 5) is 15.0. The standard InChI is InChI=1S/C14H17NO2S/c1-14(2,3)11-6-10-9(7-17-11)8-4-5-18-12(8)13(16)15-10/h4-5,11H,6-7H2,1-3H3,(H,15,16). The maximum absolute atomic E-state index is 12.0. The van der Waals surface area contributed by atoms with Crippen LogP contribution in [0.2, 0.25) is 0 Å². The van der Waals surface area contributed by atoms with Crippen LogP contribution in [0.3, 0.4) is 0 Å². The molecular weight excluding hydrogens is 246 g/mol. The van der Waals surface area contributed by atoms with Crippen molar-refractivity contribution in [2.24, 2.45) is 5.41 Å². The molecule has 2 aromatic rings. The van der Waals surface area contributed by atoms with E-state index in [-0.39, 0.29) is 17.1 Å². The van der Waals surface area contributed by atoms with Crippen molar-refractivity contribution in [1.82, 2.24) is 4.98 Å². The quantitative estimate of drug-likeness (QED) is 0.793. The van der Waals surface area contributed by atoms with Crippen molar-refractivity contribution in [2.45, 2.75) is 39.9 Å². The van der Waals surface area contributed by atoms with Crippen LogP contribution >= 0.6 is 11.3 Å². The van der Waals surface area contributed by atoms with Crippen molar-refractivity contribution in [1.29, 1.82) is 0 Å². The van der Waals surface area contributed by atoms with Crippen LogP contribution in [-0.2, 0) is 17.8 Å². The Bertz CT molecular complexity index is 648. The summed E-state index contributed by atoms with van der Waals surface area (Å²) in [7, 11) is 0. The second kappa shape index (κ2) is 3.93. The average molecular weight is 263 g/mol. The van der Waals surface area contributed by atoms with Gasteiger partial charge in [0.2, 0.25) is 0 Å². The first-order valence-electron chi connectivity index (χ1n) is 6.19. The minimum Gasteiger partial charge on any atom is -0.373 e. The number of hydrogen-bond donors (Lipinski definition) is 1. The fourth-order valence-corrected chi connectivity index (χ4v) is 3.29. The molecule has 1 N–H and O–H groups in total. The number of fused-ring (bicyclic) bond motifs is 3. The SMILES string of the molecule is CC(C)(C)C1Cc2[nH]c(=O)c3sccc3c2CO1. The highest BCUT2D eigenvalue weighted by atomic mass is 32.1. The summed E-state index contributed by atoms with van der Waals surface area (Å²) in [6.45, 7) is 7.11. The summed E-state index contributed by atoms with van der Waals surface area (Å²) < 4.78 is 6.78. The molecule has 3 rings (SSSR count). The third-order valence-electron chi connectivity index (χ3n) is 3.61. The van der Waals surface area contributed by atoms with E-state index < -0.39 is 0 Å². The van der Waals surface area contributed by atoms with Gasteiger partial charge in [-0.3, -0.25) is 4.79 Å². The monoisotopic (exact) mass is 263 g/mol. The number of thiophene rings is 1. The Morgan fingerprint density at radius 3 is 2.94 bits per heavy atom. The summed E-state index contributed by atoms with van der Waals surface area (Å²) in [5, 5.41) is 3.03. The van der Waals surface area contributed by atoms with Crippen LogP contribution in [0.25, 0.3) is 10.1 Å². The maximum Gasteiger partial charge on any atom is 0.266 e. The molecule has 96 valence electrons. The van der Waals surface area contributed by atoms with Gasteiger partial charge in [0.1, 0.15) is 0 Å². The third-order valence-corrected chi connectivity index (χ3v) is 4.52. The largest absolute Gasteiger partial charge is 0.373 e. The molecule has 3 nitrogen and oxygen atoms in total. The molecule has 0 bridgehead atoms. The molecule has 0 radical (unpaired) electrons. The molecule has 1 aliphatic heterocycles. The molecular formula is C14H17NO2S. The highest BCUT2D eigenvalue weighted by molar-refractivity contribution is 7.17. The lowest BCUT2D eigenvalue weighted by Gasteiger charge is -2.34. The molecule has 0 aromatic carbocycles. The molecule has 1 aliphatic rings. The van der Waals surface area contributed by atoms with E-state index in [9.17, 15) is 4.79 Å². The molecule has 0 saturated carbocycles. The summed E-state index contributed by atoms with van der Waals surface area (Å²) in [6, 6.07) is 2.02. The zero-order chi connectivity index (χ0) is 12.9. The molecule has 0 saturated heterocycles. The maximum atomic E-state index is 12.0. The summed E-state index contributed by atoms with van der Waals surface area (Å²) >= 11 is 1.49. The van der Waals surface area contributed by atoms with Gasteiger partial charge in [-0.15, -0.1) is 11.3 Å². The van der Waals surface area contributed by atoms with Gasteiger partial charge >= 0.3 is 0 Å². The molecule has 3 heterocycles. The number of aromatic amines is 1. The van der Waals surface area contributed by atoms with Gasteiger partial charge in [0.05, 0.1) is 17.4 Å². The Morgan fingerprint density at radius 1 is 1.44 bits per heavy atom. The zero-order valence-electron chi connectivity index (χ0n) is 10.9. The van der Waals surface area contributed by atoms with Crippen LogP contribution < -0.4 is 5.56 Å². The highest BCUT2D eigenvalue weighted by Crippen LogP contribution is 2.33. The molecule has 0 spiro atoms. The van der Waals surface area contributed by atoms with E-state index in [1.807, 2.05) is 11.4 Å². The first-order valence-corrected chi connectivity index (χ1v) is 7.07. The number of rotatable bonds is 0. The molecule has 18 heavy (non-hydrogen) atoms. The minimum atomic E-state index is 0.0355. The summed E-state index contributed by atoms with van der Waals surface area (Å²) in [6.07, 6.45) is 0.955. The third kappa shape index (κ3) is 1.80. The number of nitrogens with one attached hydrogen (secondary N) is 1. The zero-order valence-corrected chi connectivity index (χ0v) is 11.7. The Morgan fingerprint density at radius 2 is 2.22 bits per heavy atom. The molecule has 4 heteroatoms. The van der Waals surface area contributed by atoms with Crippen molar-refractivity contribution >= 4 is 21.4 Å². The van der Waals surface area contributed by atoms with Crippen LogP contribution in [0.5, 0.6) is 0 Å². The normalized spacial score (nSPS) is 20.1. The van der Waals surface area contributed by atoms with Gasteiger partial charge in [-0.1, -0.05) is 20.8 Å². The van der Waals surface area contributed by atoms with Gasteiger partial charge < -0.3 is 9.72 Å². The summed E-state index contributed by atoms with van der Waals surface area (Å²) in [5.41, 5.74) is 2.34. The topological polar surface area (TPSA) is 42.1 Å². The van der Waals surface area contributed by atoms with E-state index >= 15 is 0 Å². The van der Waals surface area contributed by atoms with Gasteiger partial charge in [0.25, 0.3) is 5.56 Å². The molecule has 0 fully saturated rings. The van der Waals surface area contributed by atoms with Crippen LogP contribution in [0.1, 0.15) is 32.0 Å². The first-order chi connectivity index (χ1) is 8.47. The molecule has 2 aromatic heterocycles. The lowest BCUT2D eigenvalue weighted by molar-refractivity contribution is -0.0380. The van der Waals surface area contributed by atoms with Gasteiger partial charge in [-0.05, 0) is 16.9 Å². The van der Waals surface area contributed by atoms with E-state index in [1.54, 1.807) is 0 Å². The van der Waals surface area contributed by atoms with Crippen LogP contribution in [0, 0.1) is 5.41 Å². The van der Waals surface area contributed by atoms with Crippen molar-refractivity contribution in [3.05, 3.63) is 33.1 Å². The van der Waals surface area contributed by atoms with Gasteiger partial charge in [0.15, 0.2) is 0 Å². The second-order valence-corrected chi connectivity index (χ2v) is 6.86. The smallest absolute Gasteiger partial charge is 0.266 e. The van der Waals surface area contributed by atoms with Crippen molar-refractivity contribution in [3.8, 4) is 0 Å². The van der Waals surface area contributed by atoms with E-state index in [0.29, 0.717) is 6.61 Å². The number of H-pyrrole nitrogens is 1. The predicted molar refractivity (Wildman–Crippen MR) is 74.2 cm³/mol. The fraction of sp³-hybridized carbons (Fsp3) is 0.500. The Labute approximate surface area is 110 Å². The number of hydrogen-bond acceptors (Lipinski definition) is 3. The fourth-order valence-electron chi connectivity index (χ4n) is 2.48. The highest BCUT2D eigenvalue weighted by Gasteiger charge is 2.31. The van der Waals surface area contributed by atoms with E-state index in [0.717, 1.165) is 27.8 Å². The minimum absolute atomic E-state index is 0.0355. The lowest BCUT2D eigenvalue weighted by Crippen LogP contribution is -2.35. The van der Waals surface area contributed by atoms with E-state index in [2.05, 4.69) is 25.8 Å². The average Bonchev–Trinajstić information content (AvgIpc) is 2.77. The Hall–Kier alpha value is -1.13. The summed E-state index contributed by atoms with van der Waals surface area (Å²) in [5.74, 6) is 0. The van der Waals surface area contributed by atoms with Gasteiger partial charge in [-0.25, -0.2) is 0 Å². The number of ether oxygens (including phenoxy) is 1. The van der Waals surface area contributed by atoms with Crippen molar-refractivity contribution in [3.63, 3.8) is 0 Å². The van der Waals surface area contributed by atoms with Crippen molar-refractivity contribution in [2.75, 3.05) is 0 Å². The molecule has 1 atom stereocenters. The van der Waals surface area contributed by atoms with Crippen molar-refractivity contribution < 1.29 is 4.74 Å². The predicted octanol–water partition coefficient (Wildman–Crippen LogP) is 3.08. The van der Waals surface area contributed by atoms with Gasteiger partial charge in [0, 0.05) is 23.1 Å². The van der Waals surface area contributed by atoms with E-state index in [4.69, 9.17) is 4.74 Å². The molecule has 1 unspecified atom stereocenters. The lowest BCUT2D eigenvalue weighted by atomic mass is 9.84. The number of aromatic nitrogens is 1. The van der Waals surface area contributed by atoms with Gasteiger partial charge in [-0.2, -0.15) is 0 Å². The molecule has 0 amide bonds. The van der Waals surface area contributed by atoms with E-state index in [1.165, 1.54) is 11.3 Å². The Kier molecular flexibility index (Phi) is 2.61. The molecule has 0 aliphatic carbocycles. The van der Waals surface area contributed by atoms with Crippen LogP contribution in [0.15, 0.2) is 16.2 Å².